The van der Waals surface area contributed by atoms with Gasteiger partial charge < -0.3 is 15.2 Å². The molecule has 1 aromatic carbocycles. The fourth-order valence-corrected chi connectivity index (χ4v) is 5.01. The van der Waals surface area contributed by atoms with E-state index in [0.717, 1.165) is 81.7 Å². The van der Waals surface area contributed by atoms with Crippen LogP contribution in [-0.4, -0.2) is 53.4 Å². The van der Waals surface area contributed by atoms with Crippen LogP contribution in [0.2, 0.25) is 0 Å². The molecule has 3 N–H and O–H groups in total. The summed E-state index contributed by atoms with van der Waals surface area (Å²) in [6.45, 7) is 3.04. The Kier molecular flexibility index (Phi) is 7.77. The van der Waals surface area contributed by atoms with Gasteiger partial charge in [-0.3, -0.25) is 14.4 Å². The number of H-pyrrole nitrogens is 1. The first-order valence-electron chi connectivity index (χ1n) is 12.1. The molecule has 5 rings (SSSR count). The number of imidazole rings is 1. The number of nitrogens with one attached hydrogen (secondary N) is 3. The Labute approximate surface area is 195 Å². The largest absolute Gasteiger partial charge is 0.346 e. The number of hydrogen-bond acceptors (Lipinski definition) is 5. The molecule has 0 aliphatic carbocycles. The summed E-state index contributed by atoms with van der Waals surface area (Å²) in [5, 5.41) is 3.35. The van der Waals surface area contributed by atoms with E-state index < -0.39 is 0 Å². The van der Waals surface area contributed by atoms with E-state index in [2.05, 4.69) is 30.5 Å². The van der Waals surface area contributed by atoms with Gasteiger partial charge in [0.2, 0.25) is 11.8 Å². The average molecular weight is 454 g/mol. The quantitative estimate of drug-likeness (QED) is 0.358. The summed E-state index contributed by atoms with van der Waals surface area (Å²) >= 11 is 0. The number of carbonyl (C=O) groups is 2. The molecule has 3 aliphatic rings. The number of rotatable bonds is 11. The summed E-state index contributed by atoms with van der Waals surface area (Å²) in [5.74, 6) is 0.858. The summed E-state index contributed by atoms with van der Waals surface area (Å²) in [4.78, 5) is 40.2. The van der Waals surface area contributed by atoms with Gasteiger partial charge in [-0.2, -0.15) is 0 Å². The van der Waals surface area contributed by atoms with Gasteiger partial charge in [-0.15, -0.1) is 0 Å². The van der Waals surface area contributed by atoms with E-state index in [4.69, 9.17) is 0 Å². The van der Waals surface area contributed by atoms with Gasteiger partial charge in [0.25, 0.3) is 0 Å². The number of amides is 2. The number of nitrogens with zero attached hydrogens (tertiary/aromatic N) is 2. The number of piperidine rings is 3. The second kappa shape index (κ2) is 10.9. The maximum atomic E-state index is 13.4. The average Bonchev–Trinajstić information content (AvgIpc) is 3.35. The van der Waals surface area contributed by atoms with Crippen LogP contribution in [0.3, 0.4) is 0 Å². The van der Waals surface area contributed by atoms with Crippen molar-refractivity contribution in [2.45, 2.75) is 57.4 Å². The molecule has 2 aromatic rings. The molecule has 0 radical (unpaired) electrons. The Bertz CT molecular complexity index is 907. The van der Waals surface area contributed by atoms with Gasteiger partial charge >= 0.3 is 0 Å². The van der Waals surface area contributed by atoms with Crippen molar-refractivity contribution < 1.29 is 14.4 Å². The van der Waals surface area contributed by atoms with E-state index in [1.165, 1.54) is 7.11 Å². The van der Waals surface area contributed by atoms with Crippen molar-refractivity contribution in [3.63, 3.8) is 0 Å². The Morgan fingerprint density at radius 3 is 2.55 bits per heavy atom. The summed E-state index contributed by atoms with van der Waals surface area (Å²) in [6, 6.07) is 9.92. The lowest BCUT2D eigenvalue weighted by molar-refractivity contribution is -0.139. The summed E-state index contributed by atoms with van der Waals surface area (Å²) < 4.78 is 0. The van der Waals surface area contributed by atoms with Gasteiger partial charge in [-0.05, 0) is 57.3 Å². The van der Waals surface area contributed by atoms with Crippen LogP contribution < -0.4 is 10.8 Å². The van der Waals surface area contributed by atoms with Crippen molar-refractivity contribution in [1.82, 2.24) is 25.7 Å². The number of fused-ring (bicyclic) bond motifs is 3. The van der Waals surface area contributed by atoms with Gasteiger partial charge in [0, 0.05) is 6.42 Å². The van der Waals surface area contributed by atoms with E-state index >= 15 is 0 Å². The van der Waals surface area contributed by atoms with Crippen LogP contribution in [0.5, 0.6) is 0 Å². The Hall–Kier alpha value is -2.71. The lowest BCUT2D eigenvalue weighted by atomic mass is 9.71. The molecule has 0 saturated carbocycles. The van der Waals surface area contributed by atoms with E-state index in [1.54, 1.807) is 0 Å². The van der Waals surface area contributed by atoms with Crippen LogP contribution >= 0.6 is 0 Å². The van der Waals surface area contributed by atoms with Crippen LogP contribution in [0.25, 0.3) is 11.3 Å². The minimum Gasteiger partial charge on any atom is -0.346 e. The summed E-state index contributed by atoms with van der Waals surface area (Å²) in [7, 11) is 1.44. The van der Waals surface area contributed by atoms with Gasteiger partial charge in [-0.1, -0.05) is 43.2 Å². The van der Waals surface area contributed by atoms with Crippen molar-refractivity contribution in [2.24, 2.45) is 5.41 Å². The molecule has 2 bridgehead atoms. The van der Waals surface area contributed by atoms with E-state index in [1.807, 2.05) is 36.5 Å². The molecule has 3 aliphatic heterocycles. The molecule has 8 heteroatoms. The van der Waals surface area contributed by atoms with Gasteiger partial charge in [0.05, 0.1) is 30.5 Å². The van der Waals surface area contributed by atoms with Crippen LogP contribution in [0.1, 0.15) is 63.2 Å². The molecule has 3 fully saturated rings. The Morgan fingerprint density at radius 1 is 1.12 bits per heavy atom. The van der Waals surface area contributed by atoms with Crippen molar-refractivity contribution in [2.75, 3.05) is 26.7 Å². The minimum atomic E-state index is -0.236. The highest BCUT2D eigenvalue weighted by Gasteiger charge is 2.45. The predicted octanol–water partition coefficient (Wildman–Crippen LogP) is 3.35. The Morgan fingerprint density at radius 2 is 1.85 bits per heavy atom. The molecule has 3 saturated heterocycles. The highest BCUT2D eigenvalue weighted by Crippen LogP contribution is 2.40. The molecule has 1 atom stereocenters. The van der Waals surface area contributed by atoms with Crippen molar-refractivity contribution in [1.29, 1.82) is 0 Å². The number of aromatic nitrogens is 2. The first-order chi connectivity index (χ1) is 16.1. The molecule has 178 valence electrons. The molecule has 4 heterocycles. The molecule has 33 heavy (non-hydrogen) atoms. The number of hydrogen-bond donors (Lipinski definition) is 3. The lowest BCUT2D eigenvalue weighted by Crippen LogP contribution is -2.55. The van der Waals surface area contributed by atoms with Crippen molar-refractivity contribution in [3.05, 3.63) is 42.4 Å². The topological polar surface area (TPSA) is 99.3 Å². The summed E-state index contributed by atoms with van der Waals surface area (Å²) in [5.41, 5.74) is 4.14. The number of unbranched alkanes of at least 4 members (excludes halogenated alkanes) is 2. The third-order valence-corrected chi connectivity index (χ3v) is 7.13. The standard InChI is InChI=1S/C25H35N5O3/c1-33-29-22(31)11-7-3-6-10-20(23-26-18-21(27-23)19-8-4-2-5-9-19)28-24(32)25-12-15-30(16-13-25)17-14-25/h2,4-5,8-9,18,20H,3,6-7,10-17H2,1H3,(H,26,27)(H,28,32)(H,29,31)/t20-/m0/s1. The maximum absolute atomic E-state index is 13.4. The zero-order valence-corrected chi connectivity index (χ0v) is 19.4. The number of benzene rings is 1. The number of aromatic amines is 1. The molecular formula is C25H35N5O3. The third-order valence-electron chi connectivity index (χ3n) is 7.13. The monoisotopic (exact) mass is 453 g/mol. The predicted molar refractivity (Wildman–Crippen MR) is 126 cm³/mol. The first kappa shape index (κ1) is 23.4. The second-order valence-electron chi connectivity index (χ2n) is 9.27. The SMILES string of the molecule is CONC(=O)CCCCC[C@H](NC(=O)C12CCN(CC1)CC2)c1ncc(-c2ccccc2)[nH]1. The van der Waals surface area contributed by atoms with E-state index in [0.29, 0.717) is 6.42 Å². The van der Waals surface area contributed by atoms with Gasteiger partial charge in [0.15, 0.2) is 0 Å². The van der Waals surface area contributed by atoms with E-state index in [9.17, 15) is 9.59 Å². The zero-order chi connectivity index (χ0) is 23.1. The second-order valence-corrected chi connectivity index (χ2v) is 9.27. The molecule has 1 aromatic heterocycles. The van der Waals surface area contributed by atoms with Crippen molar-refractivity contribution >= 4 is 11.8 Å². The molecule has 8 nitrogen and oxygen atoms in total. The third kappa shape index (κ3) is 5.81. The normalized spacial score (nSPS) is 22.6. The maximum Gasteiger partial charge on any atom is 0.243 e. The highest BCUT2D eigenvalue weighted by molar-refractivity contribution is 5.83. The molecule has 2 amide bonds. The van der Waals surface area contributed by atoms with Crippen molar-refractivity contribution in [3.8, 4) is 11.3 Å². The number of hydroxylamine groups is 1. The van der Waals surface area contributed by atoms with E-state index in [-0.39, 0.29) is 23.3 Å². The molecule has 0 spiro atoms. The first-order valence-corrected chi connectivity index (χ1v) is 12.1. The Balaban J connectivity index is 1.41. The van der Waals surface area contributed by atoms with Crippen LogP contribution in [-0.2, 0) is 14.4 Å². The smallest absolute Gasteiger partial charge is 0.243 e. The number of carbonyl (C=O) groups excluding carboxylic acids is 2. The van der Waals surface area contributed by atoms with Crippen LogP contribution in [0.4, 0.5) is 0 Å². The zero-order valence-electron chi connectivity index (χ0n) is 19.4. The summed E-state index contributed by atoms with van der Waals surface area (Å²) in [6.07, 6.45) is 8.45. The molecule has 0 unspecified atom stereocenters. The highest BCUT2D eigenvalue weighted by atomic mass is 16.6. The fourth-order valence-electron chi connectivity index (χ4n) is 5.01. The van der Waals surface area contributed by atoms with Crippen LogP contribution in [0, 0.1) is 5.41 Å². The van der Waals surface area contributed by atoms with Gasteiger partial charge in [-0.25, -0.2) is 10.5 Å². The van der Waals surface area contributed by atoms with Crippen LogP contribution in [0.15, 0.2) is 36.5 Å². The van der Waals surface area contributed by atoms with Gasteiger partial charge in [0.1, 0.15) is 5.82 Å². The lowest BCUT2D eigenvalue weighted by Gasteiger charge is -2.47. The fraction of sp³-hybridized carbons (Fsp3) is 0.560. The minimum absolute atomic E-state index is 0.108. The molecular weight excluding hydrogens is 418 g/mol.